The van der Waals surface area contributed by atoms with Crippen LogP contribution in [0.4, 0.5) is 24.5 Å². The van der Waals surface area contributed by atoms with E-state index in [-0.39, 0.29) is 27.6 Å². The Morgan fingerprint density at radius 3 is 2.41 bits per heavy atom. The summed E-state index contributed by atoms with van der Waals surface area (Å²) in [6.45, 7) is 0. The number of esters is 1. The van der Waals surface area contributed by atoms with Crippen LogP contribution in [0.25, 0.3) is 10.1 Å². The monoisotopic (exact) mass is 502 g/mol. The van der Waals surface area contributed by atoms with Crippen molar-refractivity contribution in [3.63, 3.8) is 0 Å². The van der Waals surface area contributed by atoms with Gasteiger partial charge < -0.3 is 15.4 Å². The van der Waals surface area contributed by atoms with Gasteiger partial charge in [-0.05, 0) is 36.4 Å². The molecule has 0 saturated heterocycles. The first-order valence-corrected chi connectivity index (χ1v) is 11.0. The van der Waals surface area contributed by atoms with Gasteiger partial charge in [0.25, 0.3) is 0 Å². The molecule has 0 spiro atoms. The first kappa shape index (κ1) is 23.9. The number of thioether (sulfide) groups is 1. The molecule has 0 unspecified atom stereocenters. The fraction of sp³-hybridized carbons (Fsp3) is 0.150. The van der Waals surface area contributed by atoms with E-state index in [1.807, 2.05) is 0 Å². The number of alkyl halides is 3. The second kappa shape index (κ2) is 9.80. The predicted octanol–water partition coefficient (Wildman–Crippen LogP) is 5.57. The standard InChI is InChI=1S/C20H14ClF3N2O4S2/c1-30-18(28)17-16(26-19(29)20(22,23)24)13-7-6-12(8-14(13)32-17)31-9-15(27)25-11-4-2-10(21)3-5-11/h2-8H,9H2,1H3,(H,25,27)(H,26,29). The largest absolute Gasteiger partial charge is 0.471 e. The van der Waals surface area contributed by atoms with Gasteiger partial charge in [-0.3, -0.25) is 9.59 Å². The highest BCUT2D eigenvalue weighted by Gasteiger charge is 2.40. The Bertz CT molecular complexity index is 1180. The summed E-state index contributed by atoms with van der Waals surface area (Å²) in [5, 5.41) is 5.27. The number of methoxy groups -OCH3 is 1. The summed E-state index contributed by atoms with van der Waals surface area (Å²) in [7, 11) is 1.09. The number of anilines is 2. The smallest absolute Gasteiger partial charge is 0.465 e. The Labute approximate surface area is 193 Å². The minimum Gasteiger partial charge on any atom is -0.465 e. The average molecular weight is 503 g/mol. The van der Waals surface area contributed by atoms with Crippen molar-refractivity contribution in [2.45, 2.75) is 11.1 Å². The van der Waals surface area contributed by atoms with Crippen molar-refractivity contribution < 1.29 is 32.3 Å². The van der Waals surface area contributed by atoms with Crippen LogP contribution < -0.4 is 10.6 Å². The number of halogens is 4. The van der Waals surface area contributed by atoms with Crippen molar-refractivity contribution >= 4 is 73.9 Å². The van der Waals surface area contributed by atoms with Gasteiger partial charge in [0.15, 0.2) is 0 Å². The number of nitrogens with one attached hydrogen (secondary N) is 2. The molecule has 0 fully saturated rings. The van der Waals surface area contributed by atoms with E-state index in [1.165, 1.54) is 17.8 Å². The van der Waals surface area contributed by atoms with Crippen LogP contribution in [0.1, 0.15) is 9.67 Å². The van der Waals surface area contributed by atoms with Crippen LogP contribution in [0, 0.1) is 0 Å². The number of hydrogen-bond acceptors (Lipinski definition) is 6. The Morgan fingerprint density at radius 2 is 1.78 bits per heavy atom. The SMILES string of the molecule is COC(=O)c1sc2cc(SCC(=O)Nc3ccc(Cl)cc3)ccc2c1NC(=O)C(F)(F)F. The molecule has 2 aromatic carbocycles. The Hall–Kier alpha value is -2.76. The van der Waals surface area contributed by atoms with Crippen molar-refractivity contribution in [2.24, 2.45) is 0 Å². The molecule has 0 aliphatic heterocycles. The highest BCUT2D eigenvalue weighted by atomic mass is 35.5. The van der Waals surface area contributed by atoms with E-state index < -0.39 is 18.1 Å². The van der Waals surface area contributed by atoms with E-state index in [4.69, 9.17) is 11.6 Å². The number of hydrogen-bond donors (Lipinski definition) is 2. The van der Waals surface area contributed by atoms with Crippen molar-refractivity contribution in [1.82, 2.24) is 0 Å². The number of thiophene rings is 1. The number of amides is 2. The predicted molar refractivity (Wildman–Crippen MR) is 119 cm³/mol. The summed E-state index contributed by atoms with van der Waals surface area (Å²) >= 11 is 7.88. The molecule has 3 rings (SSSR count). The van der Waals surface area contributed by atoms with Crippen LogP contribution in [-0.4, -0.2) is 36.8 Å². The molecular weight excluding hydrogens is 489 g/mol. The minimum absolute atomic E-state index is 0.0705. The van der Waals surface area contributed by atoms with E-state index in [2.05, 4.69) is 10.1 Å². The number of fused-ring (bicyclic) bond motifs is 1. The zero-order valence-electron chi connectivity index (χ0n) is 16.2. The molecule has 0 saturated carbocycles. The first-order valence-electron chi connectivity index (χ1n) is 8.79. The Morgan fingerprint density at radius 1 is 1.09 bits per heavy atom. The van der Waals surface area contributed by atoms with Crippen molar-refractivity contribution in [3.05, 3.63) is 52.4 Å². The lowest BCUT2D eigenvalue weighted by Gasteiger charge is -2.09. The van der Waals surface area contributed by atoms with Gasteiger partial charge in [-0.2, -0.15) is 13.2 Å². The van der Waals surface area contributed by atoms with Crippen molar-refractivity contribution in [2.75, 3.05) is 23.5 Å². The minimum atomic E-state index is -5.12. The molecule has 1 aromatic heterocycles. The molecule has 6 nitrogen and oxygen atoms in total. The molecule has 2 N–H and O–H groups in total. The molecule has 168 valence electrons. The second-order valence-corrected chi connectivity index (χ2v) is 8.79. The zero-order valence-corrected chi connectivity index (χ0v) is 18.6. The van der Waals surface area contributed by atoms with Gasteiger partial charge >= 0.3 is 18.1 Å². The molecule has 0 radical (unpaired) electrons. The molecule has 0 aliphatic carbocycles. The molecule has 3 aromatic rings. The molecule has 12 heteroatoms. The molecule has 0 atom stereocenters. The van der Waals surface area contributed by atoms with Gasteiger partial charge in [-0.15, -0.1) is 23.1 Å². The molecule has 2 amide bonds. The van der Waals surface area contributed by atoms with Gasteiger partial charge in [-0.1, -0.05) is 17.7 Å². The normalized spacial score (nSPS) is 11.3. The van der Waals surface area contributed by atoms with E-state index in [9.17, 15) is 27.6 Å². The maximum absolute atomic E-state index is 12.7. The second-order valence-electron chi connectivity index (χ2n) is 6.25. The van der Waals surface area contributed by atoms with Gasteiger partial charge in [0, 0.05) is 25.7 Å². The molecule has 32 heavy (non-hydrogen) atoms. The molecule has 1 heterocycles. The van der Waals surface area contributed by atoms with Gasteiger partial charge in [0.05, 0.1) is 18.6 Å². The van der Waals surface area contributed by atoms with E-state index in [0.717, 1.165) is 18.4 Å². The van der Waals surface area contributed by atoms with Crippen molar-refractivity contribution in [1.29, 1.82) is 0 Å². The molecule has 0 bridgehead atoms. The summed E-state index contributed by atoms with van der Waals surface area (Å²) < 4.78 is 43.2. The third kappa shape index (κ3) is 5.72. The number of carbonyl (C=O) groups excluding carboxylic acids is 3. The topological polar surface area (TPSA) is 84.5 Å². The molecule has 0 aliphatic rings. The van der Waals surface area contributed by atoms with Crippen LogP contribution >= 0.6 is 34.7 Å². The van der Waals surface area contributed by atoms with E-state index >= 15 is 0 Å². The summed E-state index contributed by atoms with van der Waals surface area (Å²) in [6, 6.07) is 11.3. The van der Waals surface area contributed by atoms with E-state index in [0.29, 0.717) is 20.3 Å². The lowest BCUT2D eigenvalue weighted by molar-refractivity contribution is -0.167. The van der Waals surface area contributed by atoms with Crippen LogP contribution in [-0.2, 0) is 14.3 Å². The lowest BCUT2D eigenvalue weighted by Crippen LogP contribution is -2.30. The highest BCUT2D eigenvalue weighted by Crippen LogP contribution is 2.39. The summed E-state index contributed by atoms with van der Waals surface area (Å²) in [5.41, 5.74) is 0.317. The van der Waals surface area contributed by atoms with Crippen LogP contribution in [0.3, 0.4) is 0 Å². The Kier molecular flexibility index (Phi) is 7.32. The average Bonchev–Trinajstić information content (AvgIpc) is 3.10. The summed E-state index contributed by atoms with van der Waals surface area (Å²) in [6.07, 6.45) is -5.12. The third-order valence-corrected chi connectivity index (χ3v) is 6.40. The number of benzene rings is 2. The van der Waals surface area contributed by atoms with Gasteiger partial charge in [0.2, 0.25) is 5.91 Å². The highest BCUT2D eigenvalue weighted by molar-refractivity contribution is 8.00. The van der Waals surface area contributed by atoms with Crippen LogP contribution in [0.5, 0.6) is 0 Å². The summed E-state index contributed by atoms with van der Waals surface area (Å²) in [4.78, 5) is 36.1. The van der Waals surface area contributed by atoms with Crippen LogP contribution in [0.15, 0.2) is 47.4 Å². The molecular formula is C20H14ClF3N2O4S2. The first-order chi connectivity index (χ1) is 15.1. The summed E-state index contributed by atoms with van der Waals surface area (Å²) in [5.74, 6) is -3.27. The Balaban J connectivity index is 1.78. The van der Waals surface area contributed by atoms with Crippen molar-refractivity contribution in [3.8, 4) is 0 Å². The fourth-order valence-electron chi connectivity index (χ4n) is 2.59. The maximum Gasteiger partial charge on any atom is 0.471 e. The maximum atomic E-state index is 12.7. The number of ether oxygens (including phenoxy) is 1. The van der Waals surface area contributed by atoms with Crippen LogP contribution in [0.2, 0.25) is 5.02 Å². The lowest BCUT2D eigenvalue weighted by atomic mass is 10.2. The zero-order chi connectivity index (χ0) is 23.5. The quantitative estimate of drug-likeness (QED) is 0.340. The fourth-order valence-corrected chi connectivity index (χ4v) is 4.64. The number of carbonyl (C=O) groups is 3. The number of rotatable bonds is 6. The third-order valence-electron chi connectivity index (χ3n) is 4.03. The van der Waals surface area contributed by atoms with Gasteiger partial charge in [-0.25, -0.2) is 4.79 Å². The van der Waals surface area contributed by atoms with Gasteiger partial charge in [0.1, 0.15) is 4.88 Å². The van der Waals surface area contributed by atoms with E-state index in [1.54, 1.807) is 41.7 Å².